The van der Waals surface area contributed by atoms with Crippen molar-refractivity contribution in [2.75, 3.05) is 45.2 Å². The Balaban J connectivity index is 1.93. The number of aryl methyl sites for hydroxylation is 1. The van der Waals surface area contributed by atoms with Gasteiger partial charge in [-0.3, -0.25) is 4.90 Å². The lowest BCUT2D eigenvalue weighted by molar-refractivity contribution is 0.200. The van der Waals surface area contributed by atoms with Gasteiger partial charge in [-0.15, -0.1) is 11.3 Å². The van der Waals surface area contributed by atoms with Gasteiger partial charge in [0.15, 0.2) is 0 Å². The van der Waals surface area contributed by atoms with Gasteiger partial charge in [-0.05, 0) is 36.2 Å². The predicted octanol–water partition coefficient (Wildman–Crippen LogP) is 3.37. The third-order valence-corrected chi connectivity index (χ3v) is 5.82. The Morgan fingerprint density at radius 2 is 1.78 bits per heavy atom. The highest BCUT2D eigenvalue weighted by molar-refractivity contribution is 7.12. The van der Waals surface area contributed by atoms with Crippen LogP contribution in [0.2, 0.25) is 0 Å². The SMILES string of the molecule is CCc1ccc(C(c2ccc(N(C)C)cc2)N2CCNCC2)s1. The van der Waals surface area contributed by atoms with E-state index >= 15 is 0 Å². The first kappa shape index (κ1) is 16.5. The van der Waals surface area contributed by atoms with Crippen molar-refractivity contribution in [3.8, 4) is 0 Å². The second-order valence-electron chi connectivity index (χ2n) is 6.33. The van der Waals surface area contributed by atoms with Crippen molar-refractivity contribution in [1.29, 1.82) is 0 Å². The van der Waals surface area contributed by atoms with Crippen LogP contribution in [0, 0.1) is 0 Å². The normalized spacial score (nSPS) is 17.2. The molecule has 4 heteroatoms. The van der Waals surface area contributed by atoms with Crippen molar-refractivity contribution in [2.24, 2.45) is 0 Å². The molecule has 1 N–H and O–H groups in total. The molecule has 1 saturated heterocycles. The molecule has 1 fully saturated rings. The molecule has 124 valence electrons. The molecular formula is C19H27N3S. The Labute approximate surface area is 143 Å². The Hall–Kier alpha value is -1.36. The minimum Gasteiger partial charge on any atom is -0.378 e. The molecule has 0 saturated carbocycles. The van der Waals surface area contributed by atoms with E-state index in [9.17, 15) is 0 Å². The second-order valence-corrected chi connectivity index (χ2v) is 7.53. The van der Waals surface area contributed by atoms with Crippen LogP contribution >= 0.6 is 11.3 Å². The highest BCUT2D eigenvalue weighted by Crippen LogP contribution is 2.34. The minimum atomic E-state index is 0.388. The highest BCUT2D eigenvalue weighted by Gasteiger charge is 2.25. The molecule has 2 heterocycles. The first-order chi connectivity index (χ1) is 11.2. The number of thiophene rings is 1. The summed E-state index contributed by atoms with van der Waals surface area (Å²) in [5, 5.41) is 3.47. The summed E-state index contributed by atoms with van der Waals surface area (Å²) in [6, 6.07) is 14.1. The van der Waals surface area contributed by atoms with Crippen molar-refractivity contribution >= 4 is 17.0 Å². The van der Waals surface area contributed by atoms with Crippen LogP contribution < -0.4 is 10.2 Å². The number of anilines is 1. The lowest BCUT2D eigenvalue weighted by Gasteiger charge is -2.35. The molecule has 3 rings (SSSR count). The van der Waals surface area contributed by atoms with Crippen LogP contribution in [0.25, 0.3) is 0 Å². The van der Waals surface area contributed by atoms with E-state index in [4.69, 9.17) is 0 Å². The van der Waals surface area contributed by atoms with E-state index in [0.717, 1.165) is 32.6 Å². The van der Waals surface area contributed by atoms with Crippen LogP contribution in [0.1, 0.15) is 28.3 Å². The van der Waals surface area contributed by atoms with Crippen molar-refractivity contribution < 1.29 is 0 Å². The third-order valence-electron chi connectivity index (χ3n) is 4.54. The topological polar surface area (TPSA) is 18.5 Å². The van der Waals surface area contributed by atoms with Crippen LogP contribution in [-0.4, -0.2) is 45.2 Å². The number of nitrogens with one attached hydrogen (secondary N) is 1. The summed E-state index contributed by atoms with van der Waals surface area (Å²) in [6.45, 7) is 6.62. The minimum absolute atomic E-state index is 0.388. The third kappa shape index (κ3) is 3.77. The number of piperazine rings is 1. The number of nitrogens with zero attached hydrogens (tertiary/aromatic N) is 2. The van der Waals surface area contributed by atoms with Gasteiger partial charge in [-0.2, -0.15) is 0 Å². The summed E-state index contributed by atoms with van der Waals surface area (Å²) < 4.78 is 0. The Morgan fingerprint density at radius 3 is 2.35 bits per heavy atom. The van der Waals surface area contributed by atoms with Crippen molar-refractivity contribution in [2.45, 2.75) is 19.4 Å². The molecule has 1 atom stereocenters. The smallest absolute Gasteiger partial charge is 0.0697 e. The zero-order valence-electron chi connectivity index (χ0n) is 14.4. The van der Waals surface area contributed by atoms with Gasteiger partial charge < -0.3 is 10.2 Å². The van der Waals surface area contributed by atoms with Crippen LogP contribution in [0.4, 0.5) is 5.69 Å². The van der Waals surface area contributed by atoms with Crippen LogP contribution in [0.15, 0.2) is 36.4 Å². The summed E-state index contributed by atoms with van der Waals surface area (Å²) >= 11 is 1.97. The fourth-order valence-electron chi connectivity index (χ4n) is 3.18. The van der Waals surface area contributed by atoms with E-state index in [2.05, 4.69) is 72.5 Å². The van der Waals surface area contributed by atoms with Gasteiger partial charge in [0, 0.05) is 55.7 Å². The van der Waals surface area contributed by atoms with Crippen molar-refractivity contribution in [1.82, 2.24) is 10.2 Å². The van der Waals surface area contributed by atoms with E-state index in [-0.39, 0.29) is 0 Å². The molecular weight excluding hydrogens is 302 g/mol. The second kappa shape index (κ2) is 7.47. The lowest BCUT2D eigenvalue weighted by Crippen LogP contribution is -2.45. The first-order valence-corrected chi connectivity index (χ1v) is 9.31. The predicted molar refractivity (Wildman–Crippen MR) is 101 cm³/mol. The van der Waals surface area contributed by atoms with E-state index < -0.39 is 0 Å². The van der Waals surface area contributed by atoms with Crippen molar-refractivity contribution in [3.63, 3.8) is 0 Å². The molecule has 0 radical (unpaired) electrons. The van der Waals surface area contributed by atoms with E-state index in [1.165, 1.54) is 21.0 Å². The van der Waals surface area contributed by atoms with Crippen LogP contribution in [0.5, 0.6) is 0 Å². The molecule has 0 amide bonds. The average Bonchev–Trinajstić information content (AvgIpc) is 3.05. The summed E-state index contributed by atoms with van der Waals surface area (Å²) in [6.07, 6.45) is 1.12. The summed E-state index contributed by atoms with van der Waals surface area (Å²) in [4.78, 5) is 7.72. The van der Waals surface area contributed by atoms with E-state index in [1.807, 2.05) is 11.3 Å². The van der Waals surface area contributed by atoms with E-state index in [0.29, 0.717) is 6.04 Å². The number of benzene rings is 1. The van der Waals surface area contributed by atoms with Gasteiger partial charge in [0.05, 0.1) is 6.04 Å². The molecule has 1 unspecified atom stereocenters. The molecule has 0 bridgehead atoms. The molecule has 0 spiro atoms. The fourth-order valence-corrected chi connectivity index (χ4v) is 4.30. The number of hydrogen-bond donors (Lipinski definition) is 1. The maximum absolute atomic E-state index is 3.47. The molecule has 1 aromatic carbocycles. The summed E-state index contributed by atoms with van der Waals surface area (Å²) in [5.74, 6) is 0. The lowest BCUT2D eigenvalue weighted by atomic mass is 10.0. The van der Waals surface area contributed by atoms with E-state index in [1.54, 1.807) is 0 Å². The molecule has 23 heavy (non-hydrogen) atoms. The Bertz CT molecular complexity index is 612. The summed E-state index contributed by atoms with van der Waals surface area (Å²) in [5.41, 5.74) is 2.66. The average molecular weight is 330 g/mol. The van der Waals surface area contributed by atoms with Crippen molar-refractivity contribution in [3.05, 3.63) is 51.7 Å². The largest absolute Gasteiger partial charge is 0.378 e. The van der Waals surface area contributed by atoms with Gasteiger partial charge >= 0.3 is 0 Å². The molecule has 1 aromatic heterocycles. The van der Waals surface area contributed by atoms with Gasteiger partial charge in [-0.25, -0.2) is 0 Å². The monoisotopic (exact) mass is 329 g/mol. The van der Waals surface area contributed by atoms with Gasteiger partial charge in [0.2, 0.25) is 0 Å². The molecule has 2 aromatic rings. The zero-order valence-corrected chi connectivity index (χ0v) is 15.2. The maximum Gasteiger partial charge on any atom is 0.0697 e. The standard InChI is InChI=1S/C19H27N3S/c1-4-17-9-10-18(23-17)19(22-13-11-20-12-14-22)15-5-7-16(8-6-15)21(2)3/h5-10,19-20H,4,11-14H2,1-3H3. The van der Waals surface area contributed by atoms with Crippen LogP contribution in [-0.2, 0) is 6.42 Å². The van der Waals surface area contributed by atoms with Gasteiger partial charge in [0.1, 0.15) is 0 Å². The first-order valence-electron chi connectivity index (χ1n) is 8.49. The molecule has 1 aliphatic heterocycles. The number of rotatable bonds is 5. The Kier molecular flexibility index (Phi) is 5.36. The molecule has 1 aliphatic rings. The fraction of sp³-hybridized carbons (Fsp3) is 0.474. The Morgan fingerprint density at radius 1 is 1.09 bits per heavy atom. The maximum atomic E-state index is 3.47. The van der Waals surface area contributed by atoms with Gasteiger partial charge in [-0.1, -0.05) is 19.1 Å². The summed E-state index contributed by atoms with van der Waals surface area (Å²) in [7, 11) is 4.19. The quantitative estimate of drug-likeness (QED) is 0.907. The highest BCUT2D eigenvalue weighted by atomic mass is 32.1. The zero-order chi connectivity index (χ0) is 16.2. The molecule has 3 nitrogen and oxygen atoms in total. The van der Waals surface area contributed by atoms with Crippen LogP contribution in [0.3, 0.4) is 0 Å². The number of hydrogen-bond acceptors (Lipinski definition) is 4. The molecule has 0 aliphatic carbocycles. The van der Waals surface area contributed by atoms with Gasteiger partial charge in [0.25, 0.3) is 0 Å².